The van der Waals surface area contributed by atoms with Crippen LogP contribution in [-0.4, -0.2) is 14.2 Å². The Morgan fingerprint density at radius 2 is 2.12 bits per heavy atom. The molecule has 1 N–H and O–H groups in total. The number of hydrogen-bond donors (Lipinski definition) is 1. The van der Waals surface area contributed by atoms with E-state index in [0.717, 1.165) is 16.5 Å². The second-order valence-corrected chi connectivity index (χ2v) is 6.86. The summed E-state index contributed by atoms with van der Waals surface area (Å²) in [5.74, 6) is 0.196. The number of benzene rings is 1. The SMILES string of the molecule is CCCCS(=O)(=O)NC(C)c1cccc(Br)c1. The van der Waals surface area contributed by atoms with Crippen molar-refractivity contribution in [3.8, 4) is 0 Å². The molecule has 1 unspecified atom stereocenters. The van der Waals surface area contributed by atoms with E-state index in [-0.39, 0.29) is 11.8 Å². The van der Waals surface area contributed by atoms with Crippen LogP contribution in [-0.2, 0) is 10.0 Å². The van der Waals surface area contributed by atoms with Crippen LogP contribution >= 0.6 is 15.9 Å². The third kappa shape index (κ3) is 5.19. The van der Waals surface area contributed by atoms with Gasteiger partial charge in [0.15, 0.2) is 0 Å². The molecular weight excluding hydrogens is 302 g/mol. The summed E-state index contributed by atoms with van der Waals surface area (Å²) in [6, 6.07) is 7.46. The van der Waals surface area contributed by atoms with Crippen LogP contribution in [0.4, 0.5) is 0 Å². The molecule has 0 aliphatic heterocycles. The van der Waals surface area contributed by atoms with E-state index in [1.54, 1.807) is 0 Å². The third-order valence-corrected chi connectivity index (χ3v) is 4.50. The van der Waals surface area contributed by atoms with Gasteiger partial charge in [0, 0.05) is 10.5 Å². The van der Waals surface area contributed by atoms with Gasteiger partial charge >= 0.3 is 0 Å². The molecule has 1 atom stereocenters. The maximum absolute atomic E-state index is 11.7. The predicted octanol–water partition coefficient (Wildman–Crippen LogP) is 3.23. The lowest BCUT2D eigenvalue weighted by Gasteiger charge is -2.14. The van der Waals surface area contributed by atoms with Gasteiger partial charge in [-0.1, -0.05) is 41.4 Å². The van der Waals surface area contributed by atoms with Gasteiger partial charge in [-0.3, -0.25) is 0 Å². The van der Waals surface area contributed by atoms with E-state index in [0.29, 0.717) is 6.42 Å². The van der Waals surface area contributed by atoms with E-state index in [2.05, 4.69) is 20.7 Å². The number of nitrogens with one attached hydrogen (secondary N) is 1. The molecule has 1 aromatic carbocycles. The molecule has 0 spiro atoms. The molecule has 0 amide bonds. The zero-order valence-electron chi connectivity index (χ0n) is 10.1. The lowest BCUT2D eigenvalue weighted by molar-refractivity contribution is 0.564. The molecule has 0 saturated carbocycles. The van der Waals surface area contributed by atoms with Gasteiger partial charge in [0.05, 0.1) is 5.75 Å². The maximum Gasteiger partial charge on any atom is 0.212 e. The fraction of sp³-hybridized carbons (Fsp3) is 0.500. The van der Waals surface area contributed by atoms with Crippen LogP contribution in [0, 0.1) is 0 Å². The highest BCUT2D eigenvalue weighted by atomic mass is 79.9. The molecule has 0 aliphatic carbocycles. The van der Waals surface area contributed by atoms with Crippen molar-refractivity contribution in [3.63, 3.8) is 0 Å². The van der Waals surface area contributed by atoms with Crippen LogP contribution < -0.4 is 4.72 Å². The first-order chi connectivity index (χ1) is 7.94. The molecule has 3 nitrogen and oxygen atoms in total. The highest BCUT2D eigenvalue weighted by molar-refractivity contribution is 9.10. The quantitative estimate of drug-likeness (QED) is 0.875. The summed E-state index contributed by atoms with van der Waals surface area (Å²) in [5, 5.41) is 0. The van der Waals surface area contributed by atoms with Crippen LogP contribution in [0.2, 0.25) is 0 Å². The van der Waals surface area contributed by atoms with Gasteiger partial charge in [-0.05, 0) is 31.0 Å². The highest BCUT2D eigenvalue weighted by Crippen LogP contribution is 2.18. The summed E-state index contributed by atoms with van der Waals surface area (Å²) in [6.07, 6.45) is 1.58. The van der Waals surface area contributed by atoms with Gasteiger partial charge in [0.1, 0.15) is 0 Å². The van der Waals surface area contributed by atoms with Crippen molar-refractivity contribution in [1.82, 2.24) is 4.72 Å². The number of hydrogen-bond acceptors (Lipinski definition) is 2. The predicted molar refractivity (Wildman–Crippen MR) is 74.4 cm³/mol. The lowest BCUT2D eigenvalue weighted by Crippen LogP contribution is -2.29. The molecule has 96 valence electrons. The van der Waals surface area contributed by atoms with Gasteiger partial charge in [-0.2, -0.15) is 0 Å². The van der Waals surface area contributed by atoms with Crippen LogP contribution in [0.5, 0.6) is 0 Å². The average molecular weight is 320 g/mol. The number of halogens is 1. The van der Waals surface area contributed by atoms with Gasteiger partial charge < -0.3 is 0 Å². The standard InChI is InChI=1S/C12H18BrNO2S/c1-3-4-8-17(15,16)14-10(2)11-6-5-7-12(13)9-11/h5-7,9-10,14H,3-4,8H2,1-2H3. The summed E-state index contributed by atoms with van der Waals surface area (Å²) in [5.41, 5.74) is 0.958. The van der Waals surface area contributed by atoms with Gasteiger partial charge in [0.2, 0.25) is 10.0 Å². The molecule has 0 heterocycles. The molecule has 0 aromatic heterocycles. The van der Waals surface area contributed by atoms with Crippen molar-refractivity contribution in [2.45, 2.75) is 32.7 Å². The molecule has 1 aromatic rings. The van der Waals surface area contributed by atoms with E-state index >= 15 is 0 Å². The minimum absolute atomic E-state index is 0.196. The number of unbranched alkanes of at least 4 members (excludes halogenated alkanes) is 1. The van der Waals surface area contributed by atoms with Gasteiger partial charge in [0.25, 0.3) is 0 Å². The molecular formula is C12H18BrNO2S. The second-order valence-electron chi connectivity index (χ2n) is 4.07. The minimum atomic E-state index is -3.17. The van der Waals surface area contributed by atoms with E-state index < -0.39 is 10.0 Å². The smallest absolute Gasteiger partial charge is 0.212 e. The number of sulfonamides is 1. The Bertz CT molecular complexity index is 459. The summed E-state index contributed by atoms with van der Waals surface area (Å²) in [4.78, 5) is 0. The minimum Gasteiger partial charge on any atom is -0.212 e. The van der Waals surface area contributed by atoms with Crippen LogP contribution in [0.15, 0.2) is 28.7 Å². The van der Waals surface area contributed by atoms with Crippen molar-refractivity contribution in [1.29, 1.82) is 0 Å². The lowest BCUT2D eigenvalue weighted by atomic mass is 10.1. The summed E-state index contributed by atoms with van der Waals surface area (Å²) in [7, 11) is -3.17. The first-order valence-electron chi connectivity index (χ1n) is 5.70. The Morgan fingerprint density at radius 1 is 1.41 bits per heavy atom. The molecule has 0 saturated heterocycles. The first-order valence-corrected chi connectivity index (χ1v) is 8.14. The average Bonchev–Trinajstić information content (AvgIpc) is 2.26. The zero-order chi connectivity index (χ0) is 12.9. The molecule has 0 aliphatic rings. The molecule has 0 radical (unpaired) electrons. The van der Waals surface area contributed by atoms with Crippen molar-refractivity contribution >= 4 is 26.0 Å². The third-order valence-electron chi connectivity index (χ3n) is 2.47. The summed E-state index contributed by atoms with van der Waals surface area (Å²) < 4.78 is 27.1. The van der Waals surface area contributed by atoms with E-state index in [9.17, 15) is 8.42 Å². The van der Waals surface area contributed by atoms with Gasteiger partial charge in [-0.25, -0.2) is 13.1 Å². The molecule has 0 bridgehead atoms. The molecule has 0 fully saturated rings. The maximum atomic E-state index is 11.7. The fourth-order valence-electron chi connectivity index (χ4n) is 1.51. The van der Waals surface area contributed by atoms with E-state index in [1.165, 1.54) is 0 Å². The Labute approximate surface area is 112 Å². The zero-order valence-corrected chi connectivity index (χ0v) is 12.5. The number of rotatable bonds is 6. The van der Waals surface area contributed by atoms with Crippen molar-refractivity contribution in [2.75, 3.05) is 5.75 Å². The summed E-state index contributed by atoms with van der Waals surface area (Å²) >= 11 is 3.37. The van der Waals surface area contributed by atoms with Crippen LogP contribution in [0.25, 0.3) is 0 Å². The Morgan fingerprint density at radius 3 is 2.71 bits per heavy atom. The van der Waals surface area contributed by atoms with Crippen molar-refractivity contribution in [3.05, 3.63) is 34.3 Å². The first kappa shape index (κ1) is 14.7. The Hall–Kier alpha value is -0.390. The monoisotopic (exact) mass is 319 g/mol. The van der Waals surface area contributed by atoms with Gasteiger partial charge in [-0.15, -0.1) is 0 Å². The Balaban J connectivity index is 2.69. The second kappa shape index (κ2) is 6.52. The fourth-order valence-corrected chi connectivity index (χ4v) is 3.38. The van der Waals surface area contributed by atoms with Crippen LogP contribution in [0.3, 0.4) is 0 Å². The van der Waals surface area contributed by atoms with Crippen molar-refractivity contribution in [2.24, 2.45) is 0 Å². The normalized spacial score (nSPS) is 13.6. The molecule has 17 heavy (non-hydrogen) atoms. The van der Waals surface area contributed by atoms with E-state index in [1.807, 2.05) is 38.1 Å². The largest absolute Gasteiger partial charge is 0.212 e. The highest BCUT2D eigenvalue weighted by Gasteiger charge is 2.15. The van der Waals surface area contributed by atoms with Crippen molar-refractivity contribution < 1.29 is 8.42 Å². The van der Waals surface area contributed by atoms with Crippen LogP contribution in [0.1, 0.15) is 38.3 Å². The summed E-state index contributed by atoms with van der Waals surface area (Å²) in [6.45, 7) is 3.83. The molecule has 5 heteroatoms. The topological polar surface area (TPSA) is 46.2 Å². The molecule has 1 rings (SSSR count). The van der Waals surface area contributed by atoms with E-state index in [4.69, 9.17) is 0 Å². The Kier molecular flexibility index (Phi) is 5.62.